The van der Waals surface area contributed by atoms with Crippen LogP contribution in [0, 0.1) is 0 Å². The predicted molar refractivity (Wildman–Crippen MR) is 121 cm³/mol. The van der Waals surface area contributed by atoms with Crippen LogP contribution >= 0.6 is 0 Å². The number of para-hydroxylation sites is 1. The van der Waals surface area contributed by atoms with E-state index >= 15 is 0 Å². The molecule has 0 aromatic heterocycles. The van der Waals surface area contributed by atoms with Crippen LogP contribution in [0.15, 0.2) is 78.9 Å². The zero-order valence-electron chi connectivity index (χ0n) is 17.8. The molecule has 7 heteroatoms. The summed E-state index contributed by atoms with van der Waals surface area (Å²) in [6.07, 6.45) is 0. The molecule has 0 unspecified atom stereocenters. The third-order valence-electron chi connectivity index (χ3n) is 4.73. The van der Waals surface area contributed by atoms with Crippen molar-refractivity contribution in [1.29, 1.82) is 0 Å². The Kier molecular flexibility index (Phi) is 7.59. The number of amides is 2. The van der Waals surface area contributed by atoms with Crippen molar-refractivity contribution in [2.75, 3.05) is 19.0 Å². The molecule has 2 N–H and O–H groups in total. The number of anilines is 1. The summed E-state index contributed by atoms with van der Waals surface area (Å²) in [5.41, 5.74) is 1.87. The van der Waals surface area contributed by atoms with Crippen LogP contribution in [0.4, 0.5) is 5.69 Å². The van der Waals surface area contributed by atoms with E-state index in [0.717, 1.165) is 5.56 Å². The van der Waals surface area contributed by atoms with Crippen LogP contribution in [0.25, 0.3) is 0 Å². The highest BCUT2D eigenvalue weighted by Crippen LogP contribution is 2.18. The summed E-state index contributed by atoms with van der Waals surface area (Å²) in [5.74, 6) is -1.03. The van der Waals surface area contributed by atoms with Crippen molar-refractivity contribution < 1.29 is 23.9 Å². The molecular weight excluding hydrogens is 408 g/mol. The molecule has 0 spiro atoms. The summed E-state index contributed by atoms with van der Waals surface area (Å²) in [5, 5.41) is 5.55. The number of rotatable bonds is 8. The van der Waals surface area contributed by atoms with Gasteiger partial charge in [-0.15, -0.1) is 0 Å². The number of carbonyl (C=O) groups is 3. The van der Waals surface area contributed by atoms with E-state index in [1.54, 1.807) is 42.5 Å². The van der Waals surface area contributed by atoms with E-state index in [2.05, 4.69) is 10.6 Å². The molecule has 0 saturated carbocycles. The number of methoxy groups -OCH3 is 1. The van der Waals surface area contributed by atoms with E-state index in [-0.39, 0.29) is 17.5 Å². The van der Waals surface area contributed by atoms with Crippen molar-refractivity contribution in [2.24, 2.45) is 0 Å². The Morgan fingerprint density at radius 3 is 2.38 bits per heavy atom. The number of nitrogens with one attached hydrogen (secondary N) is 2. The van der Waals surface area contributed by atoms with Crippen LogP contribution in [0.2, 0.25) is 0 Å². The van der Waals surface area contributed by atoms with Crippen molar-refractivity contribution in [3.63, 3.8) is 0 Å². The molecule has 0 heterocycles. The third-order valence-corrected chi connectivity index (χ3v) is 4.73. The highest BCUT2D eigenvalue weighted by molar-refractivity contribution is 6.04. The first-order valence-electron chi connectivity index (χ1n) is 10.0. The largest absolute Gasteiger partial charge is 0.497 e. The minimum Gasteiger partial charge on any atom is -0.497 e. The van der Waals surface area contributed by atoms with Gasteiger partial charge in [0.1, 0.15) is 5.75 Å². The highest BCUT2D eigenvalue weighted by atomic mass is 16.5. The molecular formula is C25H24N2O5. The van der Waals surface area contributed by atoms with E-state index < -0.39 is 18.5 Å². The maximum Gasteiger partial charge on any atom is 0.338 e. The number of hydrogen-bond acceptors (Lipinski definition) is 5. The molecule has 0 aliphatic heterocycles. The van der Waals surface area contributed by atoms with Gasteiger partial charge in [0.15, 0.2) is 6.61 Å². The number of esters is 1. The summed E-state index contributed by atoms with van der Waals surface area (Å²) in [6.45, 7) is 1.39. The Hall–Kier alpha value is -4.13. The second-order valence-corrected chi connectivity index (χ2v) is 7.01. The molecule has 7 nitrogen and oxygen atoms in total. The van der Waals surface area contributed by atoms with Crippen LogP contribution in [0.5, 0.6) is 5.75 Å². The Morgan fingerprint density at radius 2 is 1.62 bits per heavy atom. The Bertz CT molecular complexity index is 1100. The summed E-state index contributed by atoms with van der Waals surface area (Å²) in [7, 11) is 1.49. The molecule has 3 aromatic rings. The average Bonchev–Trinajstić information content (AvgIpc) is 2.83. The van der Waals surface area contributed by atoms with Crippen molar-refractivity contribution >= 4 is 23.5 Å². The molecule has 32 heavy (non-hydrogen) atoms. The predicted octanol–water partition coefficient (Wildman–Crippen LogP) is 3.98. The molecule has 1 atom stereocenters. The maximum atomic E-state index is 12.8. The van der Waals surface area contributed by atoms with Gasteiger partial charge in [0.25, 0.3) is 11.8 Å². The van der Waals surface area contributed by atoms with Crippen molar-refractivity contribution in [3.05, 3.63) is 95.6 Å². The number of benzene rings is 3. The zero-order valence-corrected chi connectivity index (χ0v) is 17.8. The molecule has 3 aromatic carbocycles. The molecule has 164 valence electrons. The molecule has 0 aliphatic carbocycles. The Morgan fingerprint density at radius 1 is 0.906 bits per heavy atom. The highest BCUT2D eigenvalue weighted by Gasteiger charge is 2.17. The van der Waals surface area contributed by atoms with Crippen LogP contribution in [0.3, 0.4) is 0 Å². The first-order chi connectivity index (χ1) is 15.5. The van der Waals surface area contributed by atoms with E-state index in [1.807, 2.05) is 37.3 Å². The minimum absolute atomic E-state index is 0.212. The standard InChI is InChI=1S/C25H24N2O5/c1-17(18-9-4-3-5-10-18)26-24(29)21-13-6-7-14-22(21)27-23(28)16-32-25(30)19-11-8-12-20(15-19)31-2/h3-15,17H,16H2,1-2H3,(H,26,29)(H,27,28)/t17-/m0/s1. The van der Waals surface area contributed by atoms with Gasteiger partial charge in [0, 0.05) is 0 Å². The zero-order chi connectivity index (χ0) is 22.9. The van der Waals surface area contributed by atoms with E-state index in [9.17, 15) is 14.4 Å². The topological polar surface area (TPSA) is 93.7 Å². The van der Waals surface area contributed by atoms with Crippen LogP contribution in [-0.2, 0) is 9.53 Å². The van der Waals surface area contributed by atoms with Crippen LogP contribution < -0.4 is 15.4 Å². The lowest BCUT2D eigenvalue weighted by Crippen LogP contribution is -2.28. The number of hydrogen-bond donors (Lipinski definition) is 2. The summed E-state index contributed by atoms with van der Waals surface area (Å²) in [6, 6.07) is 22.4. The lowest BCUT2D eigenvalue weighted by molar-refractivity contribution is -0.119. The Labute approximate surface area is 186 Å². The van der Waals surface area contributed by atoms with Gasteiger partial charge in [-0.3, -0.25) is 9.59 Å². The second kappa shape index (κ2) is 10.8. The summed E-state index contributed by atoms with van der Waals surface area (Å²) in [4.78, 5) is 37.3. The molecule has 0 aliphatic rings. The lowest BCUT2D eigenvalue weighted by Gasteiger charge is -2.16. The fraction of sp³-hybridized carbons (Fsp3) is 0.160. The van der Waals surface area contributed by atoms with Gasteiger partial charge in [0.2, 0.25) is 0 Å². The number of ether oxygens (including phenoxy) is 2. The summed E-state index contributed by atoms with van der Waals surface area (Å²) < 4.78 is 10.2. The van der Waals surface area contributed by atoms with E-state index in [4.69, 9.17) is 9.47 Å². The Balaban J connectivity index is 1.60. The van der Waals surface area contributed by atoms with Gasteiger partial charge >= 0.3 is 5.97 Å². The lowest BCUT2D eigenvalue weighted by atomic mass is 10.1. The van der Waals surface area contributed by atoms with E-state index in [1.165, 1.54) is 13.2 Å². The molecule has 2 amide bonds. The monoisotopic (exact) mass is 432 g/mol. The maximum absolute atomic E-state index is 12.8. The molecule has 3 rings (SSSR count). The van der Waals surface area contributed by atoms with Crippen molar-refractivity contribution in [2.45, 2.75) is 13.0 Å². The quantitative estimate of drug-likeness (QED) is 0.525. The van der Waals surface area contributed by atoms with Crippen LogP contribution in [-0.4, -0.2) is 31.5 Å². The average molecular weight is 432 g/mol. The van der Waals surface area contributed by atoms with Crippen molar-refractivity contribution in [1.82, 2.24) is 5.32 Å². The fourth-order valence-electron chi connectivity index (χ4n) is 3.04. The first-order valence-corrected chi connectivity index (χ1v) is 10.0. The smallest absolute Gasteiger partial charge is 0.338 e. The van der Waals surface area contributed by atoms with Crippen molar-refractivity contribution in [3.8, 4) is 5.75 Å². The summed E-state index contributed by atoms with van der Waals surface area (Å²) >= 11 is 0. The second-order valence-electron chi connectivity index (χ2n) is 7.01. The van der Waals surface area contributed by atoms with Gasteiger partial charge < -0.3 is 20.1 Å². The van der Waals surface area contributed by atoms with Crippen LogP contribution in [0.1, 0.15) is 39.2 Å². The fourth-order valence-corrected chi connectivity index (χ4v) is 3.04. The SMILES string of the molecule is COc1cccc(C(=O)OCC(=O)Nc2ccccc2C(=O)N[C@@H](C)c2ccccc2)c1. The van der Waals surface area contributed by atoms with Gasteiger partial charge in [-0.1, -0.05) is 48.5 Å². The van der Waals surface area contributed by atoms with E-state index in [0.29, 0.717) is 17.0 Å². The van der Waals surface area contributed by atoms with Gasteiger partial charge in [-0.25, -0.2) is 4.79 Å². The van der Waals surface area contributed by atoms with Gasteiger partial charge in [0.05, 0.1) is 30.0 Å². The molecule has 0 fully saturated rings. The molecule has 0 radical (unpaired) electrons. The normalized spacial score (nSPS) is 11.2. The molecule has 0 saturated heterocycles. The third kappa shape index (κ3) is 5.95. The number of carbonyl (C=O) groups excluding carboxylic acids is 3. The first kappa shape index (κ1) is 22.6. The minimum atomic E-state index is -0.651. The molecule has 0 bridgehead atoms. The van der Waals surface area contributed by atoms with Gasteiger partial charge in [-0.2, -0.15) is 0 Å². The van der Waals surface area contributed by atoms with Gasteiger partial charge in [-0.05, 0) is 42.8 Å².